The lowest BCUT2D eigenvalue weighted by Gasteiger charge is -2.32. The molecule has 3 N–H and O–H groups in total. The Morgan fingerprint density at radius 3 is 2.50 bits per heavy atom. The number of methoxy groups -OCH3 is 1. The number of halogens is 1. The third-order valence-electron chi connectivity index (χ3n) is 6.19. The molecule has 2 unspecified atom stereocenters. The first-order chi connectivity index (χ1) is 17.2. The number of hydrogen-bond acceptors (Lipinski definition) is 7. The average molecular weight is 507 g/mol. The molecule has 0 aromatic heterocycles. The van der Waals surface area contributed by atoms with E-state index in [-0.39, 0.29) is 28.4 Å². The summed E-state index contributed by atoms with van der Waals surface area (Å²) in [5, 5.41) is 12.2. The zero-order valence-electron chi connectivity index (χ0n) is 19.8. The Balaban J connectivity index is 1.87. The highest BCUT2D eigenvalue weighted by molar-refractivity contribution is 8.04. The molecule has 1 saturated heterocycles. The zero-order chi connectivity index (χ0) is 26.1. The highest BCUT2D eigenvalue weighted by Gasteiger charge is 2.48. The van der Waals surface area contributed by atoms with Gasteiger partial charge in [-0.25, -0.2) is 4.39 Å². The minimum absolute atomic E-state index is 0.0248. The summed E-state index contributed by atoms with van der Waals surface area (Å²) in [6.07, 6.45) is -0.234. The van der Waals surface area contributed by atoms with Gasteiger partial charge in [-0.1, -0.05) is 30.0 Å². The number of allylic oxidation sites excluding steroid dienone is 1. The summed E-state index contributed by atoms with van der Waals surface area (Å²) in [6.45, 7) is 3.86. The number of ether oxygens (including phenoxy) is 1. The van der Waals surface area contributed by atoms with Crippen molar-refractivity contribution in [2.24, 2.45) is 5.73 Å². The molecule has 8 nitrogen and oxygen atoms in total. The van der Waals surface area contributed by atoms with E-state index in [1.807, 2.05) is 32.0 Å². The molecule has 2 aliphatic heterocycles. The van der Waals surface area contributed by atoms with Crippen LogP contribution in [0.3, 0.4) is 0 Å². The van der Waals surface area contributed by atoms with Crippen LogP contribution in [0.1, 0.15) is 29.0 Å². The Morgan fingerprint density at radius 2 is 1.89 bits per heavy atom. The zero-order valence-corrected chi connectivity index (χ0v) is 20.6. The van der Waals surface area contributed by atoms with Crippen molar-refractivity contribution in [1.29, 1.82) is 5.26 Å². The van der Waals surface area contributed by atoms with Gasteiger partial charge in [-0.15, -0.1) is 0 Å². The molecule has 4 rings (SSSR count). The number of fused-ring (bicyclic) bond motifs is 1. The standard InChI is InChI=1S/C26H23FN4O4S/c1-13-4-9-17(10-14(13)2)30-24(33)22-21(15-5-7-16(27)8-6-15)18(12-28)23(29)31-25(34)19(36-26(22)31)11-20(32)35-3/h4-10,19,21H,11,29H2,1-3H3,(H,30,33). The molecule has 184 valence electrons. The molecule has 0 saturated carbocycles. The molecule has 2 aromatic carbocycles. The third-order valence-corrected chi connectivity index (χ3v) is 7.47. The lowest BCUT2D eigenvalue weighted by molar-refractivity contribution is -0.142. The molecule has 2 aliphatic rings. The topological polar surface area (TPSA) is 126 Å². The van der Waals surface area contributed by atoms with Crippen molar-refractivity contribution in [2.45, 2.75) is 31.4 Å². The van der Waals surface area contributed by atoms with E-state index in [9.17, 15) is 24.0 Å². The van der Waals surface area contributed by atoms with Crippen molar-refractivity contribution >= 4 is 35.2 Å². The summed E-state index contributed by atoms with van der Waals surface area (Å²) >= 11 is 1.01. The SMILES string of the molecule is COC(=O)CC1SC2=C(C(=O)Nc3ccc(C)c(C)c3)C(c3ccc(F)cc3)C(C#N)=C(N)N2C1=O. The average Bonchev–Trinajstić information content (AvgIpc) is 3.17. The predicted molar refractivity (Wildman–Crippen MR) is 132 cm³/mol. The molecule has 2 atom stereocenters. The smallest absolute Gasteiger partial charge is 0.307 e. The van der Waals surface area contributed by atoms with Gasteiger partial charge in [0.25, 0.3) is 5.91 Å². The molecule has 10 heteroatoms. The van der Waals surface area contributed by atoms with Crippen LogP contribution >= 0.6 is 11.8 Å². The molecule has 0 radical (unpaired) electrons. The number of thioether (sulfide) groups is 1. The van der Waals surface area contributed by atoms with E-state index >= 15 is 0 Å². The molecule has 2 aromatic rings. The molecular formula is C26H23FN4O4S. The van der Waals surface area contributed by atoms with Crippen molar-refractivity contribution in [2.75, 3.05) is 12.4 Å². The number of nitrogens with two attached hydrogens (primary N) is 1. The minimum atomic E-state index is -0.953. The van der Waals surface area contributed by atoms with Gasteiger partial charge in [0.1, 0.15) is 16.9 Å². The Kier molecular flexibility index (Phi) is 6.86. The van der Waals surface area contributed by atoms with Gasteiger partial charge in [-0.2, -0.15) is 5.26 Å². The molecular weight excluding hydrogens is 483 g/mol. The molecule has 2 heterocycles. The summed E-state index contributed by atoms with van der Waals surface area (Å²) in [6, 6.07) is 12.9. The van der Waals surface area contributed by atoms with Crippen LogP contribution in [-0.2, 0) is 19.1 Å². The predicted octanol–water partition coefficient (Wildman–Crippen LogP) is 3.59. The second kappa shape index (κ2) is 9.87. The number of carbonyl (C=O) groups is 3. The quantitative estimate of drug-likeness (QED) is 0.594. The Bertz CT molecular complexity index is 1380. The second-order valence-electron chi connectivity index (χ2n) is 8.43. The van der Waals surface area contributed by atoms with Crippen molar-refractivity contribution in [3.8, 4) is 6.07 Å². The van der Waals surface area contributed by atoms with E-state index in [2.05, 4.69) is 5.32 Å². The van der Waals surface area contributed by atoms with Gasteiger partial charge in [0.05, 0.1) is 41.7 Å². The first-order valence-electron chi connectivity index (χ1n) is 11.0. The number of esters is 1. The van der Waals surface area contributed by atoms with Crippen LogP contribution in [0, 0.1) is 31.0 Å². The number of anilines is 1. The first-order valence-corrected chi connectivity index (χ1v) is 11.9. The lowest BCUT2D eigenvalue weighted by atomic mass is 9.82. The van der Waals surface area contributed by atoms with Crippen LogP contribution in [0.25, 0.3) is 0 Å². The Hall–Kier alpha value is -4.10. The number of aryl methyl sites for hydroxylation is 2. The van der Waals surface area contributed by atoms with Crippen LogP contribution < -0.4 is 11.1 Å². The Morgan fingerprint density at radius 1 is 1.19 bits per heavy atom. The van der Waals surface area contributed by atoms with E-state index in [0.717, 1.165) is 27.8 Å². The first kappa shape index (κ1) is 25.0. The summed E-state index contributed by atoms with van der Waals surface area (Å²) in [4.78, 5) is 40.0. The van der Waals surface area contributed by atoms with Gasteiger partial charge in [-0.3, -0.25) is 19.3 Å². The normalized spacial score (nSPS) is 19.2. The molecule has 1 fully saturated rings. The van der Waals surface area contributed by atoms with Crippen LogP contribution in [0.5, 0.6) is 0 Å². The van der Waals surface area contributed by atoms with Crippen molar-refractivity contribution in [3.63, 3.8) is 0 Å². The van der Waals surface area contributed by atoms with Gasteiger partial charge in [0.15, 0.2) is 0 Å². The van der Waals surface area contributed by atoms with E-state index in [0.29, 0.717) is 11.3 Å². The number of nitrogens with zero attached hydrogens (tertiary/aromatic N) is 2. The highest BCUT2D eigenvalue weighted by atomic mass is 32.2. The highest BCUT2D eigenvalue weighted by Crippen LogP contribution is 2.50. The van der Waals surface area contributed by atoms with Crippen LogP contribution in [0.15, 0.2) is 64.5 Å². The monoisotopic (exact) mass is 506 g/mol. The van der Waals surface area contributed by atoms with Gasteiger partial charge in [0.2, 0.25) is 5.91 Å². The van der Waals surface area contributed by atoms with Gasteiger partial charge in [-0.05, 0) is 54.8 Å². The Labute approximate surface area is 211 Å². The van der Waals surface area contributed by atoms with Gasteiger partial charge < -0.3 is 15.8 Å². The summed E-state index contributed by atoms with van der Waals surface area (Å²) in [7, 11) is 1.22. The molecule has 0 spiro atoms. The minimum Gasteiger partial charge on any atom is -0.469 e. The largest absolute Gasteiger partial charge is 0.469 e. The van der Waals surface area contributed by atoms with E-state index in [4.69, 9.17) is 10.5 Å². The summed E-state index contributed by atoms with van der Waals surface area (Å²) in [5.41, 5.74) is 9.38. The fraction of sp³-hybridized carbons (Fsp3) is 0.231. The molecule has 0 aliphatic carbocycles. The van der Waals surface area contributed by atoms with Gasteiger partial charge >= 0.3 is 5.97 Å². The number of nitrogens with one attached hydrogen (secondary N) is 1. The number of rotatable bonds is 5. The van der Waals surface area contributed by atoms with Crippen LogP contribution in [-0.4, -0.2) is 35.0 Å². The third kappa shape index (κ3) is 4.45. The number of hydrogen-bond donors (Lipinski definition) is 2. The lowest BCUT2D eigenvalue weighted by Crippen LogP contribution is -2.39. The maximum absolute atomic E-state index is 13.8. The summed E-state index contributed by atoms with van der Waals surface area (Å²) in [5.74, 6) is -3.24. The molecule has 0 bridgehead atoms. The van der Waals surface area contributed by atoms with E-state index in [1.165, 1.54) is 31.4 Å². The summed E-state index contributed by atoms with van der Waals surface area (Å²) < 4.78 is 18.4. The number of nitriles is 1. The molecule has 2 amide bonds. The fourth-order valence-electron chi connectivity index (χ4n) is 4.15. The van der Waals surface area contributed by atoms with Crippen molar-refractivity contribution in [1.82, 2.24) is 4.90 Å². The maximum Gasteiger partial charge on any atom is 0.307 e. The van der Waals surface area contributed by atoms with Crippen molar-refractivity contribution in [3.05, 3.63) is 87.0 Å². The van der Waals surface area contributed by atoms with Gasteiger partial charge in [0, 0.05) is 5.69 Å². The number of amides is 2. The second-order valence-corrected chi connectivity index (χ2v) is 9.62. The number of carbonyl (C=O) groups excluding carboxylic acids is 3. The number of benzene rings is 2. The molecule has 36 heavy (non-hydrogen) atoms. The fourth-order valence-corrected chi connectivity index (χ4v) is 5.48. The van der Waals surface area contributed by atoms with Crippen molar-refractivity contribution < 1.29 is 23.5 Å². The van der Waals surface area contributed by atoms with E-state index < -0.39 is 34.8 Å². The van der Waals surface area contributed by atoms with Crippen LogP contribution in [0.2, 0.25) is 0 Å². The van der Waals surface area contributed by atoms with E-state index in [1.54, 1.807) is 6.07 Å². The maximum atomic E-state index is 13.8. The van der Waals surface area contributed by atoms with Crippen LogP contribution in [0.4, 0.5) is 10.1 Å².